The Morgan fingerprint density at radius 1 is 0.860 bits per heavy atom. The molecule has 1 heterocycles. The van der Waals surface area contributed by atoms with Gasteiger partial charge in [0.15, 0.2) is 0 Å². The summed E-state index contributed by atoms with van der Waals surface area (Å²) in [4.78, 5) is 41.6. The molecule has 0 radical (unpaired) electrons. The topological polar surface area (TPSA) is 75.7 Å². The quantitative estimate of drug-likeness (QED) is 0.222. The second-order valence-corrected chi connectivity index (χ2v) is 10.8. The van der Waals surface area contributed by atoms with Gasteiger partial charge in [-0.2, -0.15) is 0 Å². The van der Waals surface area contributed by atoms with Crippen LogP contribution in [0, 0.1) is 6.92 Å². The molecule has 1 N–H and O–H groups in total. The van der Waals surface area contributed by atoms with Crippen molar-refractivity contribution in [3.63, 3.8) is 0 Å². The van der Waals surface area contributed by atoms with Gasteiger partial charge in [-0.1, -0.05) is 103 Å². The molecule has 1 aliphatic rings. The first-order chi connectivity index (χ1) is 20.9. The normalized spacial score (nSPS) is 15.0. The van der Waals surface area contributed by atoms with E-state index in [0.717, 1.165) is 27.8 Å². The second kappa shape index (κ2) is 13.3. The van der Waals surface area contributed by atoms with Crippen LogP contribution >= 0.6 is 0 Å². The van der Waals surface area contributed by atoms with Gasteiger partial charge in [-0.05, 0) is 55.2 Å². The number of aryl methyl sites for hydroxylation is 1. The van der Waals surface area contributed by atoms with Crippen LogP contribution in [0.1, 0.15) is 70.4 Å². The van der Waals surface area contributed by atoms with Crippen LogP contribution in [0.2, 0.25) is 0 Å². The summed E-state index contributed by atoms with van der Waals surface area (Å²) < 4.78 is 5.43. The van der Waals surface area contributed by atoms with Gasteiger partial charge in [-0.3, -0.25) is 9.59 Å². The van der Waals surface area contributed by atoms with Gasteiger partial charge in [0.2, 0.25) is 5.91 Å². The van der Waals surface area contributed by atoms with Crippen molar-refractivity contribution in [1.29, 1.82) is 0 Å². The number of allylic oxidation sites excluding steroid dienone is 1. The molecule has 218 valence electrons. The van der Waals surface area contributed by atoms with E-state index in [-0.39, 0.29) is 43.3 Å². The minimum Gasteiger partial charge on any atom is -0.463 e. The number of ether oxygens (including phenoxy) is 1. The summed E-state index contributed by atoms with van der Waals surface area (Å²) in [6.45, 7) is 6.12. The Bertz CT molecular complexity index is 1590. The fourth-order valence-electron chi connectivity index (χ4n) is 5.66. The number of carbonyl (C=O) groups excluding carboxylic acids is 3. The zero-order valence-corrected chi connectivity index (χ0v) is 24.7. The lowest BCUT2D eigenvalue weighted by Crippen LogP contribution is -2.38. The van der Waals surface area contributed by atoms with Crippen LogP contribution in [0.4, 0.5) is 0 Å². The molecule has 0 spiro atoms. The summed E-state index contributed by atoms with van der Waals surface area (Å²) in [5.74, 6) is -1.02. The Hall–Kier alpha value is -4.97. The van der Waals surface area contributed by atoms with E-state index < -0.39 is 5.97 Å². The standard InChI is InChI=1S/C37H36N2O4/c1-4-43-37(42)34-26(3)39(33(40)23-32(34)31-17-11-12-25(2)22-31)24-27-18-20-30(21-19-27)36(41)38-35(28-13-7-5-8-14-28)29-15-9-6-10-16-29/h5-22,32,35H,4,23-24H2,1-3H3,(H,38,41). The van der Waals surface area contributed by atoms with Crippen LogP contribution in [0.25, 0.3) is 0 Å². The first-order valence-corrected chi connectivity index (χ1v) is 14.6. The van der Waals surface area contributed by atoms with Gasteiger partial charge in [0.05, 0.1) is 24.8 Å². The smallest absolute Gasteiger partial charge is 0.336 e. The average molecular weight is 573 g/mol. The molecule has 0 aromatic heterocycles. The molecule has 43 heavy (non-hydrogen) atoms. The minimum absolute atomic E-state index is 0.0626. The van der Waals surface area contributed by atoms with Crippen molar-refractivity contribution < 1.29 is 19.1 Å². The van der Waals surface area contributed by atoms with Crippen LogP contribution in [0.15, 0.2) is 120 Å². The lowest BCUT2D eigenvalue weighted by Gasteiger charge is -2.34. The molecule has 0 fully saturated rings. The van der Waals surface area contributed by atoms with Gasteiger partial charge >= 0.3 is 5.97 Å². The monoisotopic (exact) mass is 572 g/mol. The third-order valence-corrected chi connectivity index (χ3v) is 7.86. The van der Waals surface area contributed by atoms with Crippen molar-refractivity contribution in [2.45, 2.75) is 45.7 Å². The fraction of sp³-hybridized carbons (Fsp3) is 0.216. The van der Waals surface area contributed by atoms with Gasteiger partial charge in [-0.15, -0.1) is 0 Å². The van der Waals surface area contributed by atoms with E-state index in [0.29, 0.717) is 16.8 Å². The van der Waals surface area contributed by atoms with Crippen molar-refractivity contribution in [1.82, 2.24) is 10.2 Å². The molecular formula is C37H36N2O4. The SMILES string of the molecule is CCOC(=O)C1=C(C)N(Cc2ccc(C(=O)NC(c3ccccc3)c3ccccc3)cc2)C(=O)CC1c1cccc(C)c1. The number of amides is 2. The van der Waals surface area contributed by atoms with Crippen molar-refractivity contribution in [3.05, 3.63) is 154 Å². The van der Waals surface area contributed by atoms with Crippen LogP contribution in [-0.2, 0) is 20.9 Å². The molecule has 0 bridgehead atoms. The van der Waals surface area contributed by atoms with Gasteiger partial charge in [0.1, 0.15) is 0 Å². The maximum atomic E-state index is 13.4. The summed E-state index contributed by atoms with van der Waals surface area (Å²) in [7, 11) is 0. The maximum absolute atomic E-state index is 13.4. The summed E-state index contributed by atoms with van der Waals surface area (Å²) in [5, 5.41) is 3.17. The zero-order chi connectivity index (χ0) is 30.3. The molecule has 0 aliphatic carbocycles. The Kier molecular flexibility index (Phi) is 9.16. The fourth-order valence-corrected chi connectivity index (χ4v) is 5.66. The number of rotatable bonds is 9. The molecule has 0 saturated heterocycles. The van der Waals surface area contributed by atoms with Crippen molar-refractivity contribution >= 4 is 17.8 Å². The van der Waals surface area contributed by atoms with Crippen LogP contribution in [-0.4, -0.2) is 29.3 Å². The molecule has 5 rings (SSSR count). The highest BCUT2D eigenvalue weighted by atomic mass is 16.5. The third-order valence-electron chi connectivity index (χ3n) is 7.86. The summed E-state index contributed by atoms with van der Waals surface area (Å²) in [6, 6.07) is 34.6. The molecule has 1 atom stereocenters. The van der Waals surface area contributed by atoms with Crippen molar-refractivity contribution in [3.8, 4) is 0 Å². The number of benzene rings is 4. The average Bonchev–Trinajstić information content (AvgIpc) is 3.02. The zero-order valence-electron chi connectivity index (χ0n) is 24.7. The first-order valence-electron chi connectivity index (χ1n) is 14.6. The van der Waals surface area contributed by atoms with Crippen LogP contribution < -0.4 is 5.32 Å². The maximum Gasteiger partial charge on any atom is 0.336 e. The van der Waals surface area contributed by atoms with E-state index in [2.05, 4.69) is 5.32 Å². The Morgan fingerprint density at radius 3 is 2.07 bits per heavy atom. The number of nitrogens with one attached hydrogen (secondary N) is 1. The van der Waals surface area contributed by atoms with E-state index in [1.165, 1.54) is 0 Å². The Balaban J connectivity index is 1.36. The molecule has 6 heteroatoms. The van der Waals surface area contributed by atoms with E-state index >= 15 is 0 Å². The lowest BCUT2D eigenvalue weighted by atomic mass is 9.83. The van der Waals surface area contributed by atoms with Crippen LogP contribution in [0.5, 0.6) is 0 Å². The van der Waals surface area contributed by atoms with Crippen molar-refractivity contribution in [2.75, 3.05) is 6.61 Å². The predicted molar refractivity (Wildman–Crippen MR) is 167 cm³/mol. The summed E-state index contributed by atoms with van der Waals surface area (Å²) in [5.41, 5.74) is 6.45. The van der Waals surface area contributed by atoms with Gasteiger partial charge < -0.3 is 15.0 Å². The highest BCUT2D eigenvalue weighted by Gasteiger charge is 2.37. The van der Waals surface area contributed by atoms with E-state index in [1.807, 2.05) is 104 Å². The minimum atomic E-state index is -0.401. The van der Waals surface area contributed by atoms with E-state index in [1.54, 1.807) is 30.9 Å². The van der Waals surface area contributed by atoms with Crippen LogP contribution in [0.3, 0.4) is 0 Å². The molecule has 4 aromatic carbocycles. The summed E-state index contributed by atoms with van der Waals surface area (Å²) in [6.07, 6.45) is 0.176. The number of nitrogens with zero attached hydrogens (tertiary/aromatic N) is 1. The number of esters is 1. The molecule has 4 aromatic rings. The van der Waals surface area contributed by atoms with Crippen molar-refractivity contribution in [2.24, 2.45) is 0 Å². The van der Waals surface area contributed by atoms with Gasteiger partial charge in [-0.25, -0.2) is 4.79 Å². The van der Waals surface area contributed by atoms with Gasteiger partial charge in [0, 0.05) is 23.6 Å². The molecule has 2 amide bonds. The first kappa shape index (κ1) is 29.5. The summed E-state index contributed by atoms with van der Waals surface area (Å²) >= 11 is 0. The lowest BCUT2D eigenvalue weighted by molar-refractivity contribution is -0.140. The molecular weight excluding hydrogens is 536 g/mol. The third kappa shape index (κ3) is 6.75. The highest BCUT2D eigenvalue weighted by Crippen LogP contribution is 2.38. The Morgan fingerprint density at radius 2 is 1.49 bits per heavy atom. The largest absolute Gasteiger partial charge is 0.463 e. The molecule has 1 aliphatic heterocycles. The number of hydrogen-bond acceptors (Lipinski definition) is 4. The van der Waals surface area contributed by atoms with E-state index in [4.69, 9.17) is 4.74 Å². The predicted octanol–water partition coefficient (Wildman–Crippen LogP) is 6.87. The van der Waals surface area contributed by atoms with Gasteiger partial charge in [0.25, 0.3) is 5.91 Å². The molecule has 1 unspecified atom stereocenters. The van der Waals surface area contributed by atoms with E-state index in [9.17, 15) is 14.4 Å². The second-order valence-electron chi connectivity index (χ2n) is 10.8. The number of hydrogen-bond donors (Lipinski definition) is 1. The highest BCUT2D eigenvalue weighted by molar-refractivity contribution is 5.96. The number of carbonyl (C=O) groups is 3. The molecule has 6 nitrogen and oxygen atoms in total. The Labute approximate surface area is 253 Å². The molecule has 0 saturated carbocycles.